The Labute approximate surface area is 127 Å². The van der Waals surface area contributed by atoms with Gasteiger partial charge in [-0.3, -0.25) is 0 Å². The van der Waals surface area contributed by atoms with Crippen molar-refractivity contribution in [2.24, 2.45) is 23.5 Å². The van der Waals surface area contributed by atoms with E-state index in [1.165, 1.54) is 18.9 Å². The molecule has 21 heavy (non-hydrogen) atoms. The highest BCUT2D eigenvalue weighted by atomic mass is 19.1. The van der Waals surface area contributed by atoms with E-state index in [1.54, 1.807) is 6.07 Å². The van der Waals surface area contributed by atoms with Crippen molar-refractivity contribution >= 4 is 0 Å². The van der Waals surface area contributed by atoms with Crippen molar-refractivity contribution < 1.29 is 9.13 Å². The summed E-state index contributed by atoms with van der Waals surface area (Å²) in [7, 11) is 0. The zero-order valence-corrected chi connectivity index (χ0v) is 13.4. The molecule has 1 saturated carbocycles. The van der Waals surface area contributed by atoms with Gasteiger partial charge in [-0.2, -0.15) is 0 Å². The predicted molar refractivity (Wildman–Crippen MR) is 84.2 cm³/mol. The molecule has 0 radical (unpaired) electrons. The lowest BCUT2D eigenvalue weighted by Crippen LogP contribution is -2.34. The van der Waals surface area contributed by atoms with Crippen molar-refractivity contribution in [2.45, 2.75) is 59.3 Å². The minimum Gasteiger partial charge on any atom is -0.373 e. The predicted octanol–water partition coefficient (Wildman–Crippen LogP) is 4.26. The minimum atomic E-state index is -0.197. The smallest absolute Gasteiger partial charge is 0.128 e. The monoisotopic (exact) mass is 293 g/mol. The van der Waals surface area contributed by atoms with Crippen molar-refractivity contribution in [1.82, 2.24) is 0 Å². The molecule has 1 aromatic rings. The van der Waals surface area contributed by atoms with Crippen LogP contribution in [0.5, 0.6) is 0 Å². The van der Waals surface area contributed by atoms with Gasteiger partial charge in [0, 0.05) is 12.1 Å². The summed E-state index contributed by atoms with van der Waals surface area (Å²) in [5.74, 6) is 1.70. The van der Waals surface area contributed by atoms with E-state index in [2.05, 4.69) is 20.8 Å². The normalized spacial score (nSPS) is 26.3. The molecule has 0 bridgehead atoms. The van der Waals surface area contributed by atoms with E-state index in [0.29, 0.717) is 36.5 Å². The van der Waals surface area contributed by atoms with Crippen LogP contribution in [0.1, 0.15) is 51.2 Å². The number of rotatable bonds is 5. The van der Waals surface area contributed by atoms with Crippen molar-refractivity contribution in [3.63, 3.8) is 0 Å². The largest absolute Gasteiger partial charge is 0.373 e. The van der Waals surface area contributed by atoms with Gasteiger partial charge in [-0.25, -0.2) is 4.39 Å². The van der Waals surface area contributed by atoms with Gasteiger partial charge >= 0.3 is 0 Å². The Kier molecular flexibility index (Phi) is 5.77. The minimum absolute atomic E-state index is 0.197. The molecule has 118 valence electrons. The highest BCUT2D eigenvalue weighted by Gasteiger charge is 2.31. The molecular formula is C18H28FNO. The van der Waals surface area contributed by atoms with E-state index in [-0.39, 0.29) is 11.9 Å². The molecule has 1 aromatic carbocycles. The fraction of sp³-hybridized carbons (Fsp3) is 0.667. The fourth-order valence-electron chi connectivity index (χ4n) is 3.37. The number of ether oxygens (including phenoxy) is 1. The van der Waals surface area contributed by atoms with Crippen LogP contribution in [0.4, 0.5) is 4.39 Å². The van der Waals surface area contributed by atoms with E-state index < -0.39 is 0 Å². The fourth-order valence-corrected chi connectivity index (χ4v) is 3.37. The molecule has 0 spiro atoms. The second-order valence-electron chi connectivity index (χ2n) is 6.81. The first-order valence-corrected chi connectivity index (χ1v) is 8.10. The van der Waals surface area contributed by atoms with Crippen LogP contribution < -0.4 is 5.73 Å². The second kappa shape index (κ2) is 7.37. The third-order valence-electron chi connectivity index (χ3n) is 4.76. The first kappa shape index (κ1) is 16.4. The zero-order chi connectivity index (χ0) is 15.4. The van der Waals surface area contributed by atoms with Crippen LogP contribution in [0, 0.1) is 23.6 Å². The summed E-state index contributed by atoms with van der Waals surface area (Å²) < 4.78 is 20.0. The van der Waals surface area contributed by atoms with Crippen molar-refractivity contribution in [3.05, 3.63) is 35.1 Å². The molecule has 0 saturated heterocycles. The van der Waals surface area contributed by atoms with E-state index in [9.17, 15) is 4.39 Å². The van der Waals surface area contributed by atoms with Gasteiger partial charge in [0.25, 0.3) is 0 Å². The second-order valence-corrected chi connectivity index (χ2v) is 6.81. The standard InChI is InChI=1S/C18H28FNO/c1-12(2)16-6-4-13(3)8-18(16)21-11-15-9-14(10-20)5-7-17(15)19/h5,7,9,12-13,16,18H,4,6,8,10-11,20H2,1-3H3. The molecule has 0 heterocycles. The van der Waals surface area contributed by atoms with Crippen LogP contribution in [0.3, 0.4) is 0 Å². The number of halogens is 1. The Morgan fingerprint density at radius 2 is 2.10 bits per heavy atom. The van der Waals surface area contributed by atoms with E-state index in [4.69, 9.17) is 10.5 Å². The van der Waals surface area contributed by atoms with Gasteiger partial charge in [-0.05, 0) is 48.3 Å². The molecule has 2 N–H and O–H groups in total. The number of benzene rings is 1. The molecule has 0 amide bonds. The molecule has 2 rings (SSSR count). The number of hydrogen-bond acceptors (Lipinski definition) is 2. The molecule has 3 heteroatoms. The molecule has 3 atom stereocenters. The Morgan fingerprint density at radius 3 is 2.76 bits per heavy atom. The molecule has 3 unspecified atom stereocenters. The van der Waals surface area contributed by atoms with Crippen molar-refractivity contribution in [2.75, 3.05) is 0 Å². The van der Waals surface area contributed by atoms with Gasteiger partial charge in [0.1, 0.15) is 5.82 Å². The molecule has 1 fully saturated rings. The van der Waals surface area contributed by atoms with Crippen LogP contribution in [0.2, 0.25) is 0 Å². The molecule has 2 nitrogen and oxygen atoms in total. The van der Waals surface area contributed by atoms with Gasteiger partial charge in [0.2, 0.25) is 0 Å². The van der Waals surface area contributed by atoms with Crippen molar-refractivity contribution in [1.29, 1.82) is 0 Å². The van der Waals surface area contributed by atoms with Crippen LogP contribution in [-0.4, -0.2) is 6.10 Å². The van der Waals surface area contributed by atoms with Gasteiger partial charge < -0.3 is 10.5 Å². The highest BCUT2D eigenvalue weighted by molar-refractivity contribution is 5.24. The summed E-state index contributed by atoms with van der Waals surface area (Å²) in [6.07, 6.45) is 3.82. The molecular weight excluding hydrogens is 265 g/mol. The summed E-state index contributed by atoms with van der Waals surface area (Å²) in [5.41, 5.74) is 7.20. The lowest BCUT2D eigenvalue weighted by Gasteiger charge is -2.37. The Bertz CT molecular complexity index is 461. The molecule has 0 aliphatic heterocycles. The maximum absolute atomic E-state index is 13.9. The molecule has 0 aromatic heterocycles. The average Bonchev–Trinajstić information content (AvgIpc) is 2.46. The van der Waals surface area contributed by atoms with E-state index in [0.717, 1.165) is 12.0 Å². The van der Waals surface area contributed by atoms with E-state index >= 15 is 0 Å². The maximum atomic E-state index is 13.9. The number of hydrogen-bond donors (Lipinski definition) is 1. The molecule has 1 aliphatic carbocycles. The lowest BCUT2D eigenvalue weighted by molar-refractivity contribution is -0.0480. The summed E-state index contributed by atoms with van der Waals surface area (Å²) >= 11 is 0. The summed E-state index contributed by atoms with van der Waals surface area (Å²) in [5, 5.41) is 0. The first-order chi connectivity index (χ1) is 10.0. The Hall–Kier alpha value is -0.930. The zero-order valence-electron chi connectivity index (χ0n) is 13.4. The maximum Gasteiger partial charge on any atom is 0.128 e. The summed E-state index contributed by atoms with van der Waals surface area (Å²) in [6.45, 7) is 7.57. The lowest BCUT2D eigenvalue weighted by atomic mass is 9.75. The SMILES string of the molecule is CC1CCC(C(C)C)C(OCc2cc(CN)ccc2F)C1. The van der Waals surface area contributed by atoms with Crippen LogP contribution in [0.25, 0.3) is 0 Å². The Balaban J connectivity index is 2.03. The van der Waals surface area contributed by atoms with Gasteiger partial charge in [0.15, 0.2) is 0 Å². The van der Waals surface area contributed by atoms with Crippen LogP contribution >= 0.6 is 0 Å². The third-order valence-corrected chi connectivity index (χ3v) is 4.76. The van der Waals surface area contributed by atoms with Gasteiger partial charge in [0.05, 0.1) is 12.7 Å². The Morgan fingerprint density at radius 1 is 1.33 bits per heavy atom. The first-order valence-electron chi connectivity index (χ1n) is 8.10. The molecule has 1 aliphatic rings. The van der Waals surface area contributed by atoms with Crippen LogP contribution in [-0.2, 0) is 17.9 Å². The third kappa shape index (κ3) is 4.27. The topological polar surface area (TPSA) is 35.2 Å². The summed E-state index contributed by atoms with van der Waals surface area (Å²) in [6, 6.07) is 5.05. The quantitative estimate of drug-likeness (QED) is 0.880. The highest BCUT2D eigenvalue weighted by Crippen LogP contribution is 2.35. The van der Waals surface area contributed by atoms with E-state index in [1.807, 2.05) is 6.07 Å². The van der Waals surface area contributed by atoms with Gasteiger partial charge in [-0.1, -0.05) is 33.3 Å². The van der Waals surface area contributed by atoms with Crippen molar-refractivity contribution in [3.8, 4) is 0 Å². The average molecular weight is 293 g/mol. The number of nitrogens with two attached hydrogens (primary N) is 1. The van der Waals surface area contributed by atoms with Crippen LogP contribution in [0.15, 0.2) is 18.2 Å². The van der Waals surface area contributed by atoms with Gasteiger partial charge in [-0.15, -0.1) is 0 Å². The summed E-state index contributed by atoms with van der Waals surface area (Å²) in [4.78, 5) is 0.